The summed E-state index contributed by atoms with van der Waals surface area (Å²) in [6.07, 6.45) is 3.80. The van der Waals surface area contributed by atoms with Crippen LogP contribution in [0, 0.1) is 6.92 Å². The van der Waals surface area contributed by atoms with Crippen molar-refractivity contribution in [2.24, 2.45) is 0 Å². The lowest BCUT2D eigenvalue weighted by Gasteiger charge is -2.12. The largest absolute Gasteiger partial charge is 0.507 e. The van der Waals surface area contributed by atoms with Crippen LogP contribution in [0.5, 0.6) is 5.75 Å². The minimum Gasteiger partial charge on any atom is -0.507 e. The molecule has 0 aliphatic rings. The molecular formula is C30H25N3O4S. The van der Waals surface area contributed by atoms with Gasteiger partial charge in [-0.25, -0.2) is 4.98 Å². The number of amides is 1. The number of fused-ring (bicyclic) bond motifs is 1. The molecule has 0 unspecified atom stereocenters. The number of benzene rings is 3. The quantitative estimate of drug-likeness (QED) is 0.127. The number of aromatic nitrogens is 1. The molecule has 0 saturated carbocycles. The molecule has 1 amide bonds. The highest BCUT2D eigenvalue weighted by Gasteiger charge is 2.16. The molecule has 0 bridgehead atoms. The lowest BCUT2D eigenvalue weighted by molar-refractivity contribution is -0.115. The molecule has 2 aromatic heterocycles. The van der Waals surface area contributed by atoms with Crippen LogP contribution in [0.2, 0.25) is 0 Å². The van der Waals surface area contributed by atoms with E-state index in [1.54, 1.807) is 31.2 Å². The Morgan fingerprint density at radius 3 is 2.66 bits per heavy atom. The van der Waals surface area contributed by atoms with Gasteiger partial charge < -0.3 is 19.3 Å². The van der Waals surface area contributed by atoms with Gasteiger partial charge in [0.15, 0.2) is 10.7 Å². The topological polar surface area (TPSA) is 101 Å². The average molecular weight is 524 g/mol. The van der Waals surface area contributed by atoms with E-state index in [9.17, 15) is 9.90 Å². The van der Waals surface area contributed by atoms with Crippen molar-refractivity contribution in [2.45, 2.75) is 20.3 Å². The van der Waals surface area contributed by atoms with Gasteiger partial charge in [-0.1, -0.05) is 43.3 Å². The molecule has 7 nitrogen and oxygen atoms in total. The second-order valence-corrected chi connectivity index (χ2v) is 9.12. The number of oxazole rings is 1. The Kier molecular flexibility index (Phi) is 7.06. The first-order valence-corrected chi connectivity index (χ1v) is 12.5. The van der Waals surface area contributed by atoms with Gasteiger partial charge in [-0.2, -0.15) is 0 Å². The Hall–Kier alpha value is -4.69. The third-order valence-electron chi connectivity index (χ3n) is 5.97. The fourth-order valence-corrected chi connectivity index (χ4v) is 4.22. The normalized spacial score (nSPS) is 11.2. The highest BCUT2D eigenvalue weighted by Crippen LogP contribution is 2.36. The molecule has 38 heavy (non-hydrogen) atoms. The smallest absolute Gasteiger partial charge is 0.250 e. The fourth-order valence-electron chi connectivity index (χ4n) is 4.00. The molecule has 5 aromatic rings. The number of thiocarbonyl (C=S) groups is 1. The molecule has 0 spiro atoms. The standard InChI is InChI=1S/C30H25N3O4S/c1-3-19-9-12-26-24(16-19)32-29(37-26)23-17-21(15-18(2)28(23)35)31-30(38)33-27(34)14-11-22-10-13-25(36-22)20-7-5-4-6-8-20/h4-17,35H,3H2,1-2H3,(H2,31,33,34,38)/b14-11+. The molecule has 2 heterocycles. The molecule has 3 N–H and O–H groups in total. The number of hydrogen-bond acceptors (Lipinski definition) is 6. The average Bonchev–Trinajstić information content (AvgIpc) is 3.56. The number of carbonyl (C=O) groups is 1. The number of nitrogens with zero attached hydrogens (tertiary/aromatic N) is 1. The molecule has 8 heteroatoms. The molecule has 0 aliphatic heterocycles. The second-order valence-electron chi connectivity index (χ2n) is 8.71. The summed E-state index contributed by atoms with van der Waals surface area (Å²) < 4.78 is 11.7. The van der Waals surface area contributed by atoms with Crippen LogP contribution >= 0.6 is 12.2 Å². The van der Waals surface area contributed by atoms with Gasteiger partial charge in [0.25, 0.3) is 0 Å². The molecular weight excluding hydrogens is 498 g/mol. The lowest BCUT2D eigenvalue weighted by Crippen LogP contribution is -2.32. The Morgan fingerprint density at radius 1 is 1.05 bits per heavy atom. The predicted octanol–water partition coefficient (Wildman–Crippen LogP) is 6.86. The molecule has 0 fully saturated rings. The monoisotopic (exact) mass is 523 g/mol. The Balaban J connectivity index is 1.27. The number of hydrogen-bond donors (Lipinski definition) is 3. The van der Waals surface area contributed by atoms with Gasteiger partial charge in [0, 0.05) is 17.3 Å². The third-order valence-corrected chi connectivity index (χ3v) is 6.17. The van der Waals surface area contributed by atoms with Gasteiger partial charge in [0.05, 0.1) is 5.56 Å². The van der Waals surface area contributed by atoms with Crippen LogP contribution in [0.3, 0.4) is 0 Å². The minimum atomic E-state index is -0.415. The molecule has 0 atom stereocenters. The Labute approximate surface area is 224 Å². The predicted molar refractivity (Wildman–Crippen MR) is 153 cm³/mol. The van der Waals surface area contributed by atoms with Gasteiger partial charge in [0.2, 0.25) is 11.8 Å². The molecule has 0 saturated heterocycles. The first-order chi connectivity index (χ1) is 18.4. The van der Waals surface area contributed by atoms with Crippen molar-refractivity contribution in [3.05, 3.63) is 95.8 Å². The van der Waals surface area contributed by atoms with Gasteiger partial charge in [0.1, 0.15) is 22.8 Å². The van der Waals surface area contributed by atoms with E-state index in [4.69, 9.17) is 21.1 Å². The van der Waals surface area contributed by atoms with Crippen LogP contribution in [0.15, 0.2) is 87.7 Å². The Bertz CT molecular complexity index is 1670. The number of phenols is 1. The van der Waals surface area contributed by atoms with Gasteiger partial charge >= 0.3 is 0 Å². The lowest BCUT2D eigenvalue weighted by atomic mass is 10.1. The van der Waals surface area contributed by atoms with Crippen molar-refractivity contribution in [3.63, 3.8) is 0 Å². The molecule has 5 rings (SSSR count). The number of anilines is 1. The maximum atomic E-state index is 12.4. The van der Waals surface area contributed by atoms with E-state index in [2.05, 4.69) is 22.5 Å². The van der Waals surface area contributed by atoms with E-state index in [1.807, 2.05) is 54.6 Å². The van der Waals surface area contributed by atoms with E-state index in [1.165, 1.54) is 6.08 Å². The van der Waals surface area contributed by atoms with Crippen molar-refractivity contribution < 1.29 is 18.7 Å². The molecule has 190 valence electrons. The van der Waals surface area contributed by atoms with E-state index in [-0.39, 0.29) is 10.9 Å². The zero-order valence-corrected chi connectivity index (χ0v) is 21.6. The van der Waals surface area contributed by atoms with Crippen LogP contribution < -0.4 is 10.6 Å². The van der Waals surface area contributed by atoms with Crippen molar-refractivity contribution in [1.29, 1.82) is 0 Å². The van der Waals surface area contributed by atoms with Crippen LogP contribution in [0.4, 0.5) is 5.69 Å². The number of rotatable bonds is 6. The number of carbonyl (C=O) groups excluding carboxylic acids is 1. The van der Waals surface area contributed by atoms with Crippen molar-refractivity contribution in [3.8, 4) is 28.5 Å². The maximum absolute atomic E-state index is 12.4. The highest BCUT2D eigenvalue weighted by atomic mass is 32.1. The fraction of sp³-hybridized carbons (Fsp3) is 0.100. The summed E-state index contributed by atoms with van der Waals surface area (Å²) in [5, 5.41) is 16.4. The van der Waals surface area contributed by atoms with Crippen LogP contribution in [-0.4, -0.2) is 21.1 Å². The van der Waals surface area contributed by atoms with E-state index in [0.717, 1.165) is 23.1 Å². The third kappa shape index (κ3) is 5.50. The molecule has 0 aliphatic carbocycles. The number of aryl methyl sites for hydroxylation is 2. The molecule has 0 radical (unpaired) electrons. The van der Waals surface area contributed by atoms with Crippen molar-refractivity contribution in [2.75, 3.05) is 5.32 Å². The minimum absolute atomic E-state index is 0.0593. The summed E-state index contributed by atoms with van der Waals surface area (Å²) in [4.78, 5) is 17.0. The first kappa shape index (κ1) is 25.0. The summed E-state index contributed by atoms with van der Waals surface area (Å²) in [5.41, 5.74) is 5.04. The van der Waals surface area contributed by atoms with Gasteiger partial charge in [-0.3, -0.25) is 10.1 Å². The summed E-state index contributed by atoms with van der Waals surface area (Å²) in [6, 6.07) is 22.6. The maximum Gasteiger partial charge on any atom is 0.250 e. The number of aromatic hydroxyl groups is 1. The Morgan fingerprint density at radius 2 is 1.87 bits per heavy atom. The van der Waals surface area contributed by atoms with Gasteiger partial charge in [-0.15, -0.1) is 0 Å². The summed E-state index contributed by atoms with van der Waals surface area (Å²) in [6.45, 7) is 3.84. The summed E-state index contributed by atoms with van der Waals surface area (Å²) >= 11 is 5.33. The van der Waals surface area contributed by atoms with E-state index >= 15 is 0 Å². The zero-order valence-electron chi connectivity index (χ0n) is 20.8. The van der Waals surface area contributed by atoms with Crippen LogP contribution in [0.25, 0.3) is 40.0 Å². The SMILES string of the molecule is CCc1ccc2oc(-c3cc(NC(=S)NC(=O)/C=C/c4ccc(-c5ccccc5)o4)cc(C)c3O)nc2c1. The number of phenolic OH excluding ortho intramolecular Hbond substituents is 1. The summed E-state index contributed by atoms with van der Waals surface area (Å²) in [7, 11) is 0. The van der Waals surface area contributed by atoms with Gasteiger partial charge in [-0.05, 0) is 79.2 Å². The zero-order chi connectivity index (χ0) is 26.6. The second kappa shape index (κ2) is 10.7. The van der Waals surface area contributed by atoms with E-state index in [0.29, 0.717) is 39.8 Å². The van der Waals surface area contributed by atoms with Crippen molar-refractivity contribution in [1.82, 2.24) is 10.3 Å². The van der Waals surface area contributed by atoms with Crippen LogP contribution in [-0.2, 0) is 11.2 Å². The molecule has 3 aromatic carbocycles. The highest BCUT2D eigenvalue weighted by molar-refractivity contribution is 7.80. The van der Waals surface area contributed by atoms with Crippen LogP contribution in [0.1, 0.15) is 23.8 Å². The van der Waals surface area contributed by atoms with Crippen molar-refractivity contribution >= 4 is 46.1 Å². The number of furan rings is 1. The first-order valence-electron chi connectivity index (χ1n) is 12.1. The summed E-state index contributed by atoms with van der Waals surface area (Å²) in [5.74, 6) is 1.20. The van der Waals surface area contributed by atoms with E-state index < -0.39 is 5.91 Å². The number of nitrogens with one attached hydrogen (secondary N) is 2.